The maximum absolute atomic E-state index is 12.2. The van der Waals surface area contributed by atoms with E-state index in [4.69, 9.17) is 26.8 Å². The average molecular weight is 392 g/mol. The van der Waals surface area contributed by atoms with E-state index in [-0.39, 0.29) is 27.9 Å². The number of hydrogen-bond donors (Lipinski definition) is 3. The van der Waals surface area contributed by atoms with Gasteiger partial charge in [0.2, 0.25) is 5.91 Å². The van der Waals surface area contributed by atoms with Gasteiger partial charge in [0.15, 0.2) is 6.61 Å². The summed E-state index contributed by atoms with van der Waals surface area (Å²) in [6.45, 7) is 0.894. The number of carbonyl (C=O) groups is 3. The third-order valence-corrected chi connectivity index (χ3v) is 3.69. The van der Waals surface area contributed by atoms with E-state index in [1.165, 1.54) is 26.2 Å². The number of rotatable bonds is 6. The summed E-state index contributed by atoms with van der Waals surface area (Å²) in [6.07, 6.45) is 0. The van der Waals surface area contributed by atoms with Gasteiger partial charge in [-0.1, -0.05) is 11.6 Å². The fourth-order valence-corrected chi connectivity index (χ4v) is 2.31. The van der Waals surface area contributed by atoms with Gasteiger partial charge in [-0.25, -0.2) is 4.79 Å². The van der Waals surface area contributed by atoms with Crippen molar-refractivity contribution in [3.8, 4) is 5.75 Å². The zero-order chi connectivity index (χ0) is 20.0. The first-order valence-electron chi connectivity index (χ1n) is 7.77. The van der Waals surface area contributed by atoms with Gasteiger partial charge in [0.25, 0.3) is 5.91 Å². The van der Waals surface area contributed by atoms with Crippen molar-refractivity contribution in [2.45, 2.75) is 6.92 Å². The van der Waals surface area contributed by atoms with E-state index in [1.54, 1.807) is 24.3 Å². The molecular formula is C18H18ClN3O5. The maximum atomic E-state index is 12.2. The molecule has 4 N–H and O–H groups in total. The zero-order valence-electron chi connectivity index (χ0n) is 14.7. The lowest BCUT2D eigenvalue weighted by Crippen LogP contribution is -2.21. The van der Waals surface area contributed by atoms with Crippen LogP contribution >= 0.6 is 11.6 Å². The Morgan fingerprint density at radius 3 is 2.22 bits per heavy atom. The Morgan fingerprint density at radius 2 is 1.67 bits per heavy atom. The molecule has 0 unspecified atom stereocenters. The lowest BCUT2D eigenvalue weighted by atomic mass is 10.2. The van der Waals surface area contributed by atoms with Gasteiger partial charge in [0, 0.05) is 24.4 Å². The molecule has 142 valence electrons. The quantitative estimate of drug-likeness (QED) is 0.514. The normalized spacial score (nSPS) is 10.0. The van der Waals surface area contributed by atoms with Crippen molar-refractivity contribution >= 4 is 46.4 Å². The number of anilines is 3. The molecule has 0 saturated carbocycles. The Labute approximate surface area is 160 Å². The van der Waals surface area contributed by atoms with Crippen molar-refractivity contribution in [3.63, 3.8) is 0 Å². The largest absolute Gasteiger partial charge is 0.496 e. The maximum Gasteiger partial charge on any atom is 0.342 e. The monoisotopic (exact) mass is 391 g/mol. The van der Waals surface area contributed by atoms with E-state index < -0.39 is 18.5 Å². The number of methoxy groups -OCH3 is 1. The highest BCUT2D eigenvalue weighted by molar-refractivity contribution is 6.33. The number of ether oxygens (including phenoxy) is 2. The Bertz CT molecular complexity index is 868. The van der Waals surface area contributed by atoms with E-state index >= 15 is 0 Å². The summed E-state index contributed by atoms with van der Waals surface area (Å²) in [5, 5.41) is 5.36. The number of esters is 1. The van der Waals surface area contributed by atoms with E-state index in [9.17, 15) is 14.4 Å². The molecule has 0 fully saturated rings. The molecule has 2 aromatic rings. The summed E-state index contributed by atoms with van der Waals surface area (Å²) >= 11 is 5.91. The highest BCUT2D eigenvalue weighted by Crippen LogP contribution is 2.29. The van der Waals surface area contributed by atoms with Gasteiger partial charge < -0.3 is 25.8 Å². The molecule has 2 aromatic carbocycles. The fraction of sp³-hybridized carbons (Fsp3) is 0.167. The van der Waals surface area contributed by atoms with Crippen molar-refractivity contribution in [2.75, 3.05) is 30.1 Å². The topological polar surface area (TPSA) is 120 Å². The van der Waals surface area contributed by atoms with Crippen LogP contribution in [0, 0.1) is 0 Å². The Kier molecular flexibility index (Phi) is 6.62. The lowest BCUT2D eigenvalue weighted by Gasteiger charge is -2.11. The molecule has 27 heavy (non-hydrogen) atoms. The Morgan fingerprint density at radius 1 is 1.07 bits per heavy atom. The van der Waals surface area contributed by atoms with Crippen molar-refractivity contribution in [1.29, 1.82) is 0 Å². The number of halogens is 1. The van der Waals surface area contributed by atoms with Gasteiger partial charge >= 0.3 is 5.97 Å². The summed E-state index contributed by atoms with van der Waals surface area (Å²) in [4.78, 5) is 35.1. The first-order valence-corrected chi connectivity index (χ1v) is 8.15. The number of nitrogen functional groups attached to an aromatic ring is 1. The fourth-order valence-electron chi connectivity index (χ4n) is 2.14. The molecule has 0 bridgehead atoms. The van der Waals surface area contributed by atoms with E-state index in [0.717, 1.165) is 0 Å². The molecule has 0 aromatic heterocycles. The predicted molar refractivity (Wildman–Crippen MR) is 102 cm³/mol. The van der Waals surface area contributed by atoms with Crippen LogP contribution in [-0.4, -0.2) is 31.5 Å². The van der Waals surface area contributed by atoms with Gasteiger partial charge in [-0.3, -0.25) is 9.59 Å². The van der Waals surface area contributed by atoms with Crippen molar-refractivity contribution in [3.05, 3.63) is 47.0 Å². The molecule has 0 aliphatic carbocycles. The van der Waals surface area contributed by atoms with Crippen LogP contribution < -0.4 is 21.1 Å². The van der Waals surface area contributed by atoms with Crippen molar-refractivity contribution in [1.82, 2.24) is 0 Å². The molecule has 0 heterocycles. The summed E-state index contributed by atoms with van der Waals surface area (Å²) in [6, 6.07) is 9.18. The Hall–Kier alpha value is -3.26. The third-order valence-electron chi connectivity index (χ3n) is 3.36. The third kappa shape index (κ3) is 5.61. The second-order valence-corrected chi connectivity index (χ2v) is 5.86. The predicted octanol–water partition coefficient (Wildman–Crippen LogP) is 2.68. The molecular weight excluding hydrogens is 374 g/mol. The van der Waals surface area contributed by atoms with E-state index in [2.05, 4.69) is 10.6 Å². The van der Waals surface area contributed by atoms with Gasteiger partial charge in [-0.15, -0.1) is 0 Å². The van der Waals surface area contributed by atoms with E-state index in [0.29, 0.717) is 11.4 Å². The first-order chi connectivity index (χ1) is 12.8. The van der Waals surface area contributed by atoms with Gasteiger partial charge in [0.1, 0.15) is 11.3 Å². The summed E-state index contributed by atoms with van der Waals surface area (Å²) < 4.78 is 10.1. The lowest BCUT2D eigenvalue weighted by molar-refractivity contribution is -0.119. The first kappa shape index (κ1) is 20.1. The zero-order valence-corrected chi connectivity index (χ0v) is 15.4. The number of nitrogens with one attached hydrogen (secondary N) is 2. The molecule has 8 nitrogen and oxygen atoms in total. The molecule has 0 atom stereocenters. The van der Waals surface area contributed by atoms with Gasteiger partial charge in [0.05, 0.1) is 17.8 Å². The highest BCUT2D eigenvalue weighted by Gasteiger charge is 2.17. The van der Waals surface area contributed by atoms with Crippen LogP contribution in [0.1, 0.15) is 17.3 Å². The summed E-state index contributed by atoms with van der Waals surface area (Å²) in [7, 11) is 1.37. The second kappa shape index (κ2) is 8.91. The molecule has 0 saturated heterocycles. The van der Waals surface area contributed by atoms with Crippen LogP contribution in [0.2, 0.25) is 5.02 Å². The number of amides is 2. The second-order valence-electron chi connectivity index (χ2n) is 5.46. The molecule has 0 radical (unpaired) electrons. The summed E-state index contributed by atoms with van der Waals surface area (Å²) in [5.74, 6) is -1.31. The van der Waals surface area contributed by atoms with Crippen LogP contribution in [0.25, 0.3) is 0 Å². The van der Waals surface area contributed by atoms with Gasteiger partial charge in [-0.2, -0.15) is 0 Å². The van der Waals surface area contributed by atoms with Crippen molar-refractivity contribution in [2.24, 2.45) is 0 Å². The number of nitrogens with two attached hydrogens (primary N) is 1. The molecule has 0 spiro atoms. The standard InChI is InChI=1S/C18H18ClN3O5/c1-10(23)21-11-3-5-12(6-4-11)22-17(24)9-27-18(25)13-7-14(19)15(20)8-16(13)26-2/h3-8H,9,20H2,1-2H3,(H,21,23)(H,22,24). The SMILES string of the molecule is COc1cc(N)c(Cl)cc1C(=O)OCC(=O)Nc1ccc(NC(C)=O)cc1. The van der Waals surface area contributed by atoms with Crippen LogP contribution in [0.3, 0.4) is 0 Å². The highest BCUT2D eigenvalue weighted by atomic mass is 35.5. The molecule has 0 aliphatic rings. The minimum atomic E-state index is -0.773. The number of hydrogen-bond acceptors (Lipinski definition) is 6. The molecule has 2 rings (SSSR count). The van der Waals surface area contributed by atoms with Crippen LogP contribution in [0.15, 0.2) is 36.4 Å². The minimum absolute atomic E-state index is 0.0594. The van der Waals surface area contributed by atoms with Crippen LogP contribution in [0.4, 0.5) is 17.1 Å². The van der Waals surface area contributed by atoms with Crippen LogP contribution in [-0.2, 0) is 14.3 Å². The summed E-state index contributed by atoms with van der Waals surface area (Å²) in [5.41, 5.74) is 7.05. The van der Waals surface area contributed by atoms with E-state index in [1.807, 2.05) is 0 Å². The minimum Gasteiger partial charge on any atom is -0.496 e. The van der Waals surface area contributed by atoms with Gasteiger partial charge in [-0.05, 0) is 30.3 Å². The number of carbonyl (C=O) groups excluding carboxylic acids is 3. The van der Waals surface area contributed by atoms with Crippen LogP contribution in [0.5, 0.6) is 5.75 Å². The average Bonchev–Trinajstić information content (AvgIpc) is 2.62. The van der Waals surface area contributed by atoms with Crippen molar-refractivity contribution < 1.29 is 23.9 Å². The Balaban J connectivity index is 1.94. The smallest absolute Gasteiger partial charge is 0.342 e. The molecule has 2 amide bonds. The molecule has 0 aliphatic heterocycles. The molecule has 9 heteroatoms. The number of benzene rings is 2.